The van der Waals surface area contributed by atoms with E-state index in [-0.39, 0.29) is 12.1 Å². The Morgan fingerprint density at radius 3 is 2.75 bits per heavy atom. The van der Waals surface area contributed by atoms with E-state index in [2.05, 4.69) is 16.3 Å². The lowest BCUT2D eigenvalue weighted by molar-refractivity contribution is 0.0925. The van der Waals surface area contributed by atoms with Crippen molar-refractivity contribution < 1.29 is 14.3 Å². The fraction of sp³-hybridized carbons (Fsp3) is 0.316. The maximum atomic E-state index is 12.6. The van der Waals surface area contributed by atoms with Crippen LogP contribution in [0.3, 0.4) is 0 Å². The molecule has 0 aliphatic carbocycles. The summed E-state index contributed by atoms with van der Waals surface area (Å²) < 4.78 is 10.7. The molecule has 2 aliphatic heterocycles. The molecule has 0 fully saturated rings. The summed E-state index contributed by atoms with van der Waals surface area (Å²) >= 11 is 0. The molecule has 5 heteroatoms. The fourth-order valence-corrected chi connectivity index (χ4v) is 3.69. The van der Waals surface area contributed by atoms with Crippen LogP contribution in [-0.4, -0.2) is 26.7 Å². The summed E-state index contributed by atoms with van der Waals surface area (Å²) in [6, 6.07) is 11.8. The summed E-state index contributed by atoms with van der Waals surface area (Å²) in [5.41, 5.74) is 4.08. The highest BCUT2D eigenvalue weighted by atomic mass is 16.5. The van der Waals surface area contributed by atoms with Gasteiger partial charge in [-0.15, -0.1) is 0 Å². The monoisotopic (exact) mass is 324 g/mol. The number of benzene rings is 2. The van der Waals surface area contributed by atoms with Gasteiger partial charge in [0.1, 0.15) is 6.17 Å². The van der Waals surface area contributed by atoms with Crippen molar-refractivity contribution in [2.24, 2.45) is 0 Å². The van der Waals surface area contributed by atoms with Crippen LogP contribution < -0.4 is 19.7 Å². The second-order valence-electron chi connectivity index (χ2n) is 6.10. The van der Waals surface area contributed by atoms with Crippen LogP contribution in [0, 0.1) is 0 Å². The lowest BCUT2D eigenvalue weighted by Gasteiger charge is -2.43. The zero-order valence-electron chi connectivity index (χ0n) is 13.8. The van der Waals surface area contributed by atoms with Crippen LogP contribution >= 0.6 is 0 Å². The minimum absolute atomic E-state index is 0.0233. The van der Waals surface area contributed by atoms with E-state index >= 15 is 0 Å². The molecule has 24 heavy (non-hydrogen) atoms. The van der Waals surface area contributed by atoms with Gasteiger partial charge in [-0.3, -0.25) is 4.79 Å². The van der Waals surface area contributed by atoms with Gasteiger partial charge >= 0.3 is 0 Å². The van der Waals surface area contributed by atoms with E-state index in [9.17, 15) is 4.79 Å². The Bertz CT molecular complexity index is 803. The minimum atomic E-state index is -0.189. The molecule has 1 atom stereocenters. The van der Waals surface area contributed by atoms with Crippen LogP contribution in [-0.2, 0) is 6.42 Å². The fourth-order valence-electron chi connectivity index (χ4n) is 3.69. The number of methoxy groups -OCH3 is 2. The molecule has 5 nitrogen and oxygen atoms in total. The molecule has 2 aromatic carbocycles. The summed E-state index contributed by atoms with van der Waals surface area (Å²) in [5.74, 6) is 1.33. The Balaban J connectivity index is 1.80. The number of aryl methyl sites for hydroxylation is 1. The van der Waals surface area contributed by atoms with Gasteiger partial charge in [0.25, 0.3) is 5.91 Å². The molecule has 2 aromatic rings. The summed E-state index contributed by atoms with van der Waals surface area (Å²) in [4.78, 5) is 14.9. The predicted molar refractivity (Wildman–Crippen MR) is 91.9 cm³/mol. The normalized spacial score (nSPS) is 18.7. The number of nitrogens with zero attached hydrogens (tertiary/aromatic N) is 1. The van der Waals surface area contributed by atoms with Gasteiger partial charge in [-0.05, 0) is 42.2 Å². The van der Waals surface area contributed by atoms with E-state index in [0.29, 0.717) is 11.5 Å². The molecule has 1 amide bonds. The van der Waals surface area contributed by atoms with Crippen LogP contribution in [0.4, 0.5) is 5.69 Å². The van der Waals surface area contributed by atoms with Crippen LogP contribution in [0.1, 0.15) is 34.1 Å². The molecule has 0 unspecified atom stereocenters. The molecule has 0 spiro atoms. The first kappa shape index (κ1) is 14.9. The molecule has 4 rings (SSSR count). The van der Waals surface area contributed by atoms with E-state index < -0.39 is 0 Å². The van der Waals surface area contributed by atoms with Gasteiger partial charge in [-0.2, -0.15) is 0 Å². The number of carbonyl (C=O) groups excluding carboxylic acids is 1. The highest BCUT2D eigenvalue weighted by molar-refractivity contribution is 6.03. The number of hydrogen-bond donors (Lipinski definition) is 1. The van der Waals surface area contributed by atoms with Gasteiger partial charge in [0.15, 0.2) is 11.5 Å². The van der Waals surface area contributed by atoms with E-state index in [1.807, 2.05) is 30.3 Å². The third-order valence-electron chi connectivity index (χ3n) is 4.80. The second-order valence-corrected chi connectivity index (χ2v) is 6.10. The Morgan fingerprint density at radius 2 is 1.96 bits per heavy atom. The summed E-state index contributed by atoms with van der Waals surface area (Å²) in [6.45, 7) is 0.920. The Hall–Kier alpha value is -2.69. The molecule has 1 N–H and O–H groups in total. The van der Waals surface area contributed by atoms with Crippen molar-refractivity contribution in [1.82, 2.24) is 5.32 Å². The second kappa shape index (κ2) is 5.74. The molecule has 124 valence electrons. The van der Waals surface area contributed by atoms with Crippen molar-refractivity contribution in [1.29, 1.82) is 0 Å². The molecule has 0 saturated carbocycles. The number of carbonyl (C=O) groups is 1. The van der Waals surface area contributed by atoms with Gasteiger partial charge in [0, 0.05) is 6.54 Å². The summed E-state index contributed by atoms with van der Waals surface area (Å²) in [6.07, 6.45) is 1.91. The van der Waals surface area contributed by atoms with Gasteiger partial charge in [0.2, 0.25) is 0 Å². The van der Waals surface area contributed by atoms with Crippen molar-refractivity contribution in [3.8, 4) is 11.5 Å². The van der Waals surface area contributed by atoms with Gasteiger partial charge in [-0.1, -0.05) is 18.2 Å². The number of hydrogen-bond acceptors (Lipinski definition) is 4. The van der Waals surface area contributed by atoms with Crippen molar-refractivity contribution >= 4 is 11.6 Å². The van der Waals surface area contributed by atoms with Crippen molar-refractivity contribution in [3.63, 3.8) is 0 Å². The quantitative estimate of drug-likeness (QED) is 0.943. The molecule has 2 aliphatic rings. The predicted octanol–water partition coefficient (Wildman–Crippen LogP) is 2.90. The van der Waals surface area contributed by atoms with Crippen molar-refractivity contribution in [3.05, 3.63) is 53.1 Å². The highest BCUT2D eigenvalue weighted by Gasteiger charge is 2.35. The Labute approximate surface area is 141 Å². The lowest BCUT2D eigenvalue weighted by Crippen LogP contribution is -2.48. The maximum Gasteiger partial charge on any atom is 0.255 e. The number of rotatable bonds is 3. The Morgan fingerprint density at radius 1 is 1.12 bits per heavy atom. The topological polar surface area (TPSA) is 50.8 Å². The average Bonchev–Trinajstić information content (AvgIpc) is 2.64. The molecule has 0 aromatic heterocycles. The molecular weight excluding hydrogens is 304 g/mol. The van der Waals surface area contributed by atoms with Gasteiger partial charge < -0.3 is 19.7 Å². The number of nitrogens with one attached hydrogen (secondary N) is 1. The van der Waals surface area contributed by atoms with E-state index in [4.69, 9.17) is 9.47 Å². The van der Waals surface area contributed by atoms with E-state index in [0.717, 1.165) is 36.2 Å². The molecule has 0 bridgehead atoms. The first-order chi connectivity index (χ1) is 11.7. The average molecular weight is 324 g/mol. The van der Waals surface area contributed by atoms with Gasteiger partial charge in [-0.25, -0.2) is 0 Å². The van der Waals surface area contributed by atoms with Crippen LogP contribution in [0.15, 0.2) is 36.4 Å². The van der Waals surface area contributed by atoms with Crippen LogP contribution in [0.2, 0.25) is 0 Å². The van der Waals surface area contributed by atoms with E-state index in [1.54, 1.807) is 14.2 Å². The highest BCUT2D eigenvalue weighted by Crippen LogP contribution is 2.40. The molecular formula is C19H20N2O3. The van der Waals surface area contributed by atoms with Gasteiger partial charge in [0.05, 0.1) is 25.5 Å². The van der Waals surface area contributed by atoms with Crippen LogP contribution in [0.5, 0.6) is 11.5 Å². The number of amides is 1. The number of ether oxygens (including phenoxy) is 2. The SMILES string of the molecule is COc1ccc([C@@H]2NC(=O)c3cccc4c3N2CCC4)cc1OC. The third kappa shape index (κ3) is 2.19. The summed E-state index contributed by atoms with van der Waals surface area (Å²) in [5, 5.41) is 3.13. The largest absolute Gasteiger partial charge is 0.493 e. The van der Waals surface area contributed by atoms with E-state index in [1.165, 1.54) is 5.56 Å². The first-order valence-electron chi connectivity index (χ1n) is 8.14. The molecule has 0 radical (unpaired) electrons. The van der Waals surface area contributed by atoms with Crippen molar-refractivity contribution in [2.75, 3.05) is 25.7 Å². The van der Waals surface area contributed by atoms with Crippen molar-refractivity contribution in [2.45, 2.75) is 19.0 Å². The zero-order chi connectivity index (χ0) is 16.7. The minimum Gasteiger partial charge on any atom is -0.493 e. The molecule has 0 saturated heterocycles. The Kier molecular flexibility index (Phi) is 3.56. The first-order valence-corrected chi connectivity index (χ1v) is 8.14. The van der Waals surface area contributed by atoms with Crippen LogP contribution in [0.25, 0.3) is 0 Å². The zero-order valence-corrected chi connectivity index (χ0v) is 13.8. The summed E-state index contributed by atoms with van der Waals surface area (Å²) in [7, 11) is 3.24. The standard InChI is InChI=1S/C19H20N2O3/c1-23-15-9-8-13(11-16(15)24-2)18-20-19(22)14-7-3-5-12-6-4-10-21(18)17(12)14/h3,5,7-9,11,18H,4,6,10H2,1-2H3,(H,20,22)/t18-/m1/s1. The maximum absolute atomic E-state index is 12.6. The molecule has 2 heterocycles. The third-order valence-corrected chi connectivity index (χ3v) is 4.80. The number of para-hydroxylation sites is 1. The smallest absolute Gasteiger partial charge is 0.255 e. The number of anilines is 1. The lowest BCUT2D eigenvalue weighted by atomic mass is 9.93.